The summed E-state index contributed by atoms with van der Waals surface area (Å²) in [7, 11) is 7.90. The van der Waals surface area contributed by atoms with Crippen molar-refractivity contribution in [1.82, 2.24) is 0 Å². The Hall–Kier alpha value is 0.330. The van der Waals surface area contributed by atoms with Crippen molar-refractivity contribution in [3.05, 3.63) is 60.8 Å². The third kappa shape index (κ3) is 19.0. The third-order valence-corrected chi connectivity index (χ3v) is 6.00. The number of rotatable bonds is 15. The molecule has 0 rings (SSSR count). The fourth-order valence-corrected chi connectivity index (χ4v) is 4.70. The third-order valence-electron chi connectivity index (χ3n) is 3.94. The van der Waals surface area contributed by atoms with Gasteiger partial charge in [0.15, 0.2) is 0 Å². The second kappa shape index (κ2) is 22.5. The largest absolute Gasteiger partial charge is 0.351 e. The zero-order chi connectivity index (χ0) is 22.5. The quantitative estimate of drug-likeness (QED) is 0.0967. The van der Waals surface area contributed by atoms with Crippen molar-refractivity contribution in [1.29, 1.82) is 0 Å². The molecular weight excluding hydrogens is 463 g/mol. The lowest BCUT2D eigenvalue weighted by Crippen LogP contribution is -2.15. The molecule has 0 aromatic carbocycles. The van der Waals surface area contributed by atoms with Gasteiger partial charge in [0.05, 0.1) is 19.7 Å². The summed E-state index contributed by atoms with van der Waals surface area (Å²) in [4.78, 5) is 0. The van der Waals surface area contributed by atoms with E-state index >= 15 is 0 Å². The minimum atomic E-state index is -0.564. The summed E-state index contributed by atoms with van der Waals surface area (Å²) in [5.74, 6) is 6.72. The van der Waals surface area contributed by atoms with Crippen LogP contribution in [0.3, 0.4) is 0 Å². The summed E-state index contributed by atoms with van der Waals surface area (Å²) < 4.78 is 11.8. The normalized spacial score (nSPS) is 16.1. The fraction of sp³-hybridized carbons (Fsp3) is 0.478. The van der Waals surface area contributed by atoms with E-state index in [0.29, 0.717) is 14.4 Å². The molecule has 7 heteroatoms. The molecule has 0 N–H and O–H groups in total. The Labute approximate surface area is 195 Å². The first-order valence-electron chi connectivity index (χ1n) is 10.4. The van der Waals surface area contributed by atoms with Gasteiger partial charge in [0.2, 0.25) is 0 Å². The number of hydrogen-bond donors (Lipinski definition) is 0. The van der Waals surface area contributed by atoms with Crippen molar-refractivity contribution in [3.63, 3.8) is 0 Å². The van der Waals surface area contributed by atoms with Crippen LogP contribution in [-0.4, -0.2) is 12.2 Å². The van der Waals surface area contributed by atoms with Gasteiger partial charge in [0.1, 0.15) is 0 Å². The highest BCUT2D eigenvalue weighted by atomic mass is 32.4. The maximum atomic E-state index is 5.88. The van der Waals surface area contributed by atoms with Crippen LogP contribution in [-0.2, 0) is 9.05 Å². The maximum Gasteiger partial charge on any atom is 0.0919 e. The Morgan fingerprint density at radius 1 is 0.967 bits per heavy atom. The Kier molecular flexibility index (Phi) is 22.8. The molecule has 0 heterocycles. The van der Waals surface area contributed by atoms with Crippen molar-refractivity contribution < 1.29 is 9.05 Å². The topological polar surface area (TPSA) is 18.5 Å². The molecule has 0 aromatic heterocycles. The van der Waals surface area contributed by atoms with Crippen LogP contribution in [0.1, 0.15) is 52.9 Å². The van der Waals surface area contributed by atoms with Crippen molar-refractivity contribution >= 4 is 42.8 Å². The molecule has 0 saturated heterocycles. The van der Waals surface area contributed by atoms with E-state index in [0.717, 1.165) is 25.7 Å². The zero-order valence-electron chi connectivity index (χ0n) is 18.5. The summed E-state index contributed by atoms with van der Waals surface area (Å²) in [5, 5.41) is 0. The molecule has 7 unspecified atom stereocenters. The fourth-order valence-electron chi connectivity index (χ4n) is 2.37. The summed E-state index contributed by atoms with van der Waals surface area (Å²) in [5.41, 5.74) is 0. The molecule has 0 spiro atoms. The van der Waals surface area contributed by atoms with Crippen LogP contribution >= 0.6 is 42.8 Å². The van der Waals surface area contributed by atoms with E-state index in [1.54, 1.807) is 0 Å². The first kappa shape index (κ1) is 30.3. The average Bonchev–Trinajstić information content (AvgIpc) is 2.71. The Morgan fingerprint density at radius 2 is 1.63 bits per heavy atom. The van der Waals surface area contributed by atoms with Gasteiger partial charge in [-0.15, -0.1) is 11.8 Å². The van der Waals surface area contributed by atoms with Gasteiger partial charge in [-0.3, -0.25) is 0 Å². The van der Waals surface area contributed by atoms with Gasteiger partial charge in [0.25, 0.3) is 0 Å². The molecule has 0 aliphatic heterocycles. The molecule has 0 bridgehead atoms. The minimum Gasteiger partial charge on any atom is -0.351 e. The standard InChI is InChI=1S/C23H39O2P5/c1-4-6-8-14-17-21(3)23(24-29-26)20-16-12-10-9-11-15-19-22(25-30(27)28)18-13-7-5-2/h8-12,14-16,19-23,29H,4-6,17-18,26-28H2,1-3H3/b11-9-,12-10+,14-8-,19-15+,20-16+. The summed E-state index contributed by atoms with van der Waals surface area (Å²) in [6.45, 7) is 6.50. The van der Waals surface area contributed by atoms with Crippen LogP contribution in [0.5, 0.6) is 0 Å². The van der Waals surface area contributed by atoms with E-state index in [4.69, 9.17) is 9.05 Å². The maximum absolute atomic E-state index is 5.88. The summed E-state index contributed by atoms with van der Waals surface area (Å²) in [6, 6.07) is 0. The molecule has 168 valence electrons. The van der Waals surface area contributed by atoms with Gasteiger partial charge in [-0.2, -0.15) is 0 Å². The van der Waals surface area contributed by atoms with Gasteiger partial charge in [-0.05, 0) is 18.8 Å². The van der Waals surface area contributed by atoms with Crippen LogP contribution in [0.25, 0.3) is 0 Å². The van der Waals surface area contributed by atoms with E-state index in [-0.39, 0.29) is 12.2 Å². The molecule has 0 amide bonds. The van der Waals surface area contributed by atoms with Gasteiger partial charge in [-0.1, -0.05) is 115 Å². The lowest BCUT2D eigenvalue weighted by atomic mass is 10.00. The highest BCUT2D eigenvalue weighted by molar-refractivity contribution is 8.41. The van der Waals surface area contributed by atoms with E-state index in [1.807, 2.05) is 30.4 Å². The molecule has 0 aromatic rings. The number of hydrogen-bond acceptors (Lipinski definition) is 2. The monoisotopic (exact) mass is 502 g/mol. The SMILES string of the molecule is CCC#CCC(/C=C/C=C\C=C\C=C\C(OPP)C(C)C/C=C\CCC)OP(P)P. The summed E-state index contributed by atoms with van der Waals surface area (Å²) >= 11 is 0. The van der Waals surface area contributed by atoms with E-state index in [2.05, 4.69) is 89.8 Å². The van der Waals surface area contributed by atoms with Crippen molar-refractivity contribution in [3.8, 4) is 11.8 Å². The smallest absolute Gasteiger partial charge is 0.0919 e. The van der Waals surface area contributed by atoms with Crippen LogP contribution in [0, 0.1) is 17.8 Å². The van der Waals surface area contributed by atoms with Crippen LogP contribution in [0.2, 0.25) is 0 Å². The Bertz CT molecular complexity index is 615. The Balaban J connectivity index is 4.58. The lowest BCUT2D eigenvalue weighted by molar-refractivity contribution is 0.220. The van der Waals surface area contributed by atoms with Crippen LogP contribution < -0.4 is 0 Å². The predicted molar refractivity (Wildman–Crippen MR) is 151 cm³/mol. The number of allylic oxidation sites excluding steroid dienone is 8. The van der Waals surface area contributed by atoms with Crippen LogP contribution in [0.4, 0.5) is 0 Å². The highest BCUT2D eigenvalue weighted by Crippen LogP contribution is 2.54. The molecule has 0 aliphatic carbocycles. The van der Waals surface area contributed by atoms with Crippen molar-refractivity contribution in [2.45, 2.75) is 65.1 Å². The van der Waals surface area contributed by atoms with Crippen LogP contribution in [0.15, 0.2) is 60.8 Å². The van der Waals surface area contributed by atoms with Crippen molar-refractivity contribution in [2.24, 2.45) is 5.92 Å². The van der Waals surface area contributed by atoms with Gasteiger partial charge in [0, 0.05) is 21.3 Å². The minimum absolute atomic E-state index is 0.0252. The molecular formula is C23H39O2P5. The Morgan fingerprint density at radius 3 is 2.23 bits per heavy atom. The molecule has 30 heavy (non-hydrogen) atoms. The molecule has 0 fully saturated rings. The highest BCUT2D eigenvalue weighted by Gasteiger charge is 2.12. The van der Waals surface area contributed by atoms with Crippen molar-refractivity contribution in [2.75, 3.05) is 0 Å². The zero-order valence-corrected chi connectivity index (χ0v) is 23.9. The number of unbranched alkanes of at least 4 members (excludes halogenated alkanes) is 1. The summed E-state index contributed by atoms with van der Waals surface area (Å²) in [6.07, 6.45) is 26.1. The molecule has 2 nitrogen and oxygen atoms in total. The van der Waals surface area contributed by atoms with E-state index < -0.39 is 7.53 Å². The predicted octanol–water partition coefficient (Wildman–Crippen LogP) is 8.53. The average molecular weight is 502 g/mol. The molecule has 0 saturated carbocycles. The first-order chi connectivity index (χ1) is 14.5. The van der Waals surface area contributed by atoms with E-state index in [1.165, 1.54) is 6.42 Å². The lowest BCUT2D eigenvalue weighted by Gasteiger charge is -2.19. The van der Waals surface area contributed by atoms with E-state index in [9.17, 15) is 0 Å². The van der Waals surface area contributed by atoms with Gasteiger partial charge in [-0.25, -0.2) is 0 Å². The molecule has 0 aliphatic rings. The molecule has 0 radical (unpaired) electrons. The van der Waals surface area contributed by atoms with Gasteiger partial charge >= 0.3 is 0 Å². The molecule has 7 atom stereocenters. The van der Waals surface area contributed by atoms with Gasteiger partial charge < -0.3 is 9.05 Å². The second-order valence-electron chi connectivity index (χ2n) is 6.63. The second-order valence-corrected chi connectivity index (χ2v) is 13.6. The first-order valence-corrected chi connectivity index (χ1v) is 17.6.